The Morgan fingerprint density at radius 1 is 1.39 bits per heavy atom. The van der Waals surface area contributed by atoms with Gasteiger partial charge in [0.15, 0.2) is 0 Å². The highest BCUT2D eigenvalue weighted by molar-refractivity contribution is 5.25. The van der Waals surface area contributed by atoms with Crippen molar-refractivity contribution in [2.24, 2.45) is 0 Å². The molecule has 0 saturated carbocycles. The van der Waals surface area contributed by atoms with Crippen molar-refractivity contribution < 1.29 is 4.74 Å². The Morgan fingerprint density at radius 2 is 2.17 bits per heavy atom. The fourth-order valence-corrected chi connectivity index (χ4v) is 2.42. The summed E-state index contributed by atoms with van der Waals surface area (Å²) >= 11 is 0. The lowest BCUT2D eigenvalue weighted by Gasteiger charge is -2.41. The van der Waals surface area contributed by atoms with Gasteiger partial charge in [0, 0.05) is 18.3 Å². The van der Waals surface area contributed by atoms with Crippen molar-refractivity contribution in [3.05, 3.63) is 24.0 Å². The number of aryl methyl sites for hydroxylation is 1. The molecule has 1 fully saturated rings. The molecule has 2 rings (SSSR count). The first-order valence-corrected chi connectivity index (χ1v) is 6.80. The molecule has 3 heteroatoms. The molecular weight excluding hydrogens is 224 g/mol. The topological polar surface area (TPSA) is 25.4 Å². The van der Waals surface area contributed by atoms with E-state index >= 15 is 0 Å². The van der Waals surface area contributed by atoms with Gasteiger partial charge in [0.2, 0.25) is 0 Å². The van der Waals surface area contributed by atoms with E-state index in [1.807, 2.05) is 25.3 Å². The lowest BCUT2D eigenvalue weighted by Crippen LogP contribution is -2.50. The van der Waals surface area contributed by atoms with Crippen LogP contribution in [0.4, 0.5) is 0 Å². The number of hydrogen-bond acceptors (Lipinski definition) is 3. The van der Waals surface area contributed by atoms with Gasteiger partial charge in [-0.25, -0.2) is 0 Å². The predicted molar refractivity (Wildman–Crippen MR) is 74.0 cm³/mol. The van der Waals surface area contributed by atoms with Gasteiger partial charge < -0.3 is 4.74 Å². The van der Waals surface area contributed by atoms with E-state index in [9.17, 15) is 0 Å². The summed E-state index contributed by atoms with van der Waals surface area (Å²) in [6.45, 7) is 11.0. The zero-order valence-corrected chi connectivity index (χ0v) is 11.9. The predicted octanol–water partition coefficient (Wildman–Crippen LogP) is 3.03. The summed E-state index contributed by atoms with van der Waals surface area (Å²) in [5, 5.41) is 0. The fourth-order valence-electron chi connectivity index (χ4n) is 2.42. The molecule has 1 aliphatic heterocycles. The van der Waals surface area contributed by atoms with Crippen LogP contribution < -0.4 is 4.74 Å². The van der Waals surface area contributed by atoms with Gasteiger partial charge in [-0.1, -0.05) is 0 Å². The van der Waals surface area contributed by atoms with E-state index in [4.69, 9.17) is 4.74 Å². The number of nitrogens with zero attached hydrogens (tertiary/aromatic N) is 2. The van der Waals surface area contributed by atoms with E-state index in [1.165, 1.54) is 13.0 Å². The van der Waals surface area contributed by atoms with Crippen LogP contribution >= 0.6 is 0 Å². The second-order valence-electron chi connectivity index (χ2n) is 6.09. The Balaban J connectivity index is 2.00. The van der Waals surface area contributed by atoms with E-state index in [0.29, 0.717) is 6.10 Å². The van der Waals surface area contributed by atoms with Gasteiger partial charge in [-0.3, -0.25) is 9.88 Å². The summed E-state index contributed by atoms with van der Waals surface area (Å²) in [7, 11) is 0. The monoisotopic (exact) mass is 248 g/mol. The molecular formula is C15H24N2O. The molecule has 0 N–H and O–H groups in total. The van der Waals surface area contributed by atoms with Gasteiger partial charge in [0.25, 0.3) is 0 Å². The van der Waals surface area contributed by atoms with Crippen molar-refractivity contribution in [3.63, 3.8) is 0 Å². The molecule has 1 saturated heterocycles. The first-order chi connectivity index (χ1) is 8.47. The van der Waals surface area contributed by atoms with Crippen molar-refractivity contribution in [1.82, 2.24) is 9.88 Å². The molecule has 0 bridgehead atoms. The summed E-state index contributed by atoms with van der Waals surface area (Å²) in [6.07, 6.45) is 4.45. The van der Waals surface area contributed by atoms with Crippen molar-refractivity contribution in [2.75, 3.05) is 13.1 Å². The molecule has 1 aromatic heterocycles. The molecule has 1 aromatic rings. The standard InChI is InChI=1S/C15H24N2O/c1-12-14(8-5-9-16-12)18-13-7-6-10-17(11-13)15(2,3)4/h5,8-9,13H,6-7,10-11H2,1-4H3. The van der Waals surface area contributed by atoms with E-state index < -0.39 is 0 Å². The summed E-state index contributed by atoms with van der Waals surface area (Å²) < 4.78 is 6.11. The van der Waals surface area contributed by atoms with E-state index in [2.05, 4.69) is 30.7 Å². The molecule has 1 unspecified atom stereocenters. The Kier molecular flexibility index (Phi) is 3.91. The summed E-state index contributed by atoms with van der Waals surface area (Å²) in [4.78, 5) is 6.78. The van der Waals surface area contributed by atoms with Crippen LogP contribution in [0.25, 0.3) is 0 Å². The number of likely N-dealkylation sites (tertiary alicyclic amines) is 1. The number of aromatic nitrogens is 1. The molecule has 1 aliphatic rings. The maximum atomic E-state index is 6.11. The van der Waals surface area contributed by atoms with E-state index in [1.54, 1.807) is 0 Å². The van der Waals surface area contributed by atoms with Gasteiger partial charge in [-0.15, -0.1) is 0 Å². The van der Waals surface area contributed by atoms with Crippen LogP contribution in [-0.4, -0.2) is 34.6 Å². The number of rotatable bonds is 2. The van der Waals surface area contributed by atoms with Crippen molar-refractivity contribution >= 4 is 0 Å². The summed E-state index contributed by atoms with van der Waals surface area (Å²) in [5.41, 5.74) is 1.21. The first-order valence-electron chi connectivity index (χ1n) is 6.80. The average molecular weight is 248 g/mol. The van der Waals surface area contributed by atoms with E-state index in [-0.39, 0.29) is 5.54 Å². The third-order valence-corrected chi connectivity index (χ3v) is 3.58. The van der Waals surface area contributed by atoms with Crippen LogP contribution in [0.1, 0.15) is 39.3 Å². The Hall–Kier alpha value is -1.09. The average Bonchev–Trinajstić information content (AvgIpc) is 2.31. The normalized spacial score (nSPS) is 21.9. The van der Waals surface area contributed by atoms with Crippen LogP contribution in [0.3, 0.4) is 0 Å². The van der Waals surface area contributed by atoms with Gasteiger partial charge in [0.1, 0.15) is 11.9 Å². The number of piperidine rings is 1. The smallest absolute Gasteiger partial charge is 0.140 e. The minimum atomic E-state index is 0.228. The lowest BCUT2D eigenvalue weighted by atomic mass is 9.99. The zero-order valence-electron chi connectivity index (χ0n) is 11.9. The van der Waals surface area contributed by atoms with Crippen LogP contribution in [0.2, 0.25) is 0 Å². The molecule has 0 aliphatic carbocycles. The zero-order chi connectivity index (χ0) is 13.2. The van der Waals surface area contributed by atoms with Crippen LogP contribution in [0.15, 0.2) is 18.3 Å². The minimum Gasteiger partial charge on any atom is -0.487 e. The second kappa shape index (κ2) is 5.27. The maximum Gasteiger partial charge on any atom is 0.140 e. The van der Waals surface area contributed by atoms with Crippen molar-refractivity contribution in [1.29, 1.82) is 0 Å². The number of ether oxygens (including phenoxy) is 1. The molecule has 100 valence electrons. The molecule has 2 heterocycles. The van der Waals surface area contributed by atoms with Gasteiger partial charge in [0.05, 0.1) is 5.69 Å². The largest absolute Gasteiger partial charge is 0.487 e. The first kappa shape index (κ1) is 13.3. The minimum absolute atomic E-state index is 0.228. The highest BCUT2D eigenvalue weighted by Crippen LogP contribution is 2.24. The molecule has 18 heavy (non-hydrogen) atoms. The van der Waals surface area contributed by atoms with Gasteiger partial charge in [-0.05, 0) is 59.2 Å². The van der Waals surface area contributed by atoms with Gasteiger partial charge >= 0.3 is 0 Å². The molecule has 0 radical (unpaired) electrons. The Morgan fingerprint density at radius 3 is 2.83 bits per heavy atom. The summed E-state index contributed by atoms with van der Waals surface area (Å²) in [5.74, 6) is 0.929. The summed E-state index contributed by atoms with van der Waals surface area (Å²) in [6, 6.07) is 3.95. The molecule has 3 nitrogen and oxygen atoms in total. The van der Waals surface area contributed by atoms with Crippen LogP contribution in [0.5, 0.6) is 5.75 Å². The third kappa shape index (κ3) is 3.22. The number of pyridine rings is 1. The molecule has 1 atom stereocenters. The maximum absolute atomic E-state index is 6.11. The van der Waals surface area contributed by atoms with Crippen molar-refractivity contribution in [2.45, 2.75) is 52.2 Å². The molecule has 0 amide bonds. The van der Waals surface area contributed by atoms with Crippen molar-refractivity contribution in [3.8, 4) is 5.75 Å². The third-order valence-electron chi connectivity index (χ3n) is 3.58. The lowest BCUT2D eigenvalue weighted by molar-refractivity contribution is 0.0342. The quantitative estimate of drug-likeness (QED) is 0.804. The second-order valence-corrected chi connectivity index (χ2v) is 6.09. The van der Waals surface area contributed by atoms with Crippen LogP contribution in [0, 0.1) is 6.92 Å². The number of hydrogen-bond donors (Lipinski definition) is 0. The highest BCUT2D eigenvalue weighted by atomic mass is 16.5. The highest BCUT2D eigenvalue weighted by Gasteiger charge is 2.28. The van der Waals surface area contributed by atoms with E-state index in [0.717, 1.165) is 24.4 Å². The molecule has 0 spiro atoms. The molecule has 0 aromatic carbocycles. The van der Waals surface area contributed by atoms with Gasteiger partial charge in [-0.2, -0.15) is 0 Å². The fraction of sp³-hybridized carbons (Fsp3) is 0.667. The Labute approximate surface area is 110 Å². The van der Waals surface area contributed by atoms with Crippen LogP contribution in [-0.2, 0) is 0 Å². The SMILES string of the molecule is Cc1ncccc1OC1CCCN(C(C)(C)C)C1. The Bertz CT molecular complexity index is 398.